The number of aromatic nitrogens is 2. The zero-order valence-corrected chi connectivity index (χ0v) is 14.5. The first-order valence-corrected chi connectivity index (χ1v) is 8.34. The van der Waals surface area contributed by atoms with Crippen molar-refractivity contribution in [1.29, 1.82) is 5.26 Å². The van der Waals surface area contributed by atoms with E-state index in [4.69, 9.17) is 16.9 Å². The van der Waals surface area contributed by atoms with Gasteiger partial charge >= 0.3 is 0 Å². The van der Waals surface area contributed by atoms with E-state index in [2.05, 4.69) is 4.98 Å². The first-order valence-electron chi connectivity index (χ1n) is 7.96. The second kappa shape index (κ2) is 6.24. The van der Waals surface area contributed by atoms with Crippen LogP contribution >= 0.6 is 11.6 Å². The predicted octanol–water partition coefficient (Wildman–Crippen LogP) is 3.92. The van der Waals surface area contributed by atoms with E-state index >= 15 is 0 Å². The number of phenols is 1. The molecule has 0 unspecified atom stereocenters. The summed E-state index contributed by atoms with van der Waals surface area (Å²) in [5, 5.41) is 30.3. The van der Waals surface area contributed by atoms with Crippen LogP contribution in [0.4, 0.5) is 0 Å². The van der Waals surface area contributed by atoms with Crippen LogP contribution in [-0.2, 0) is 0 Å². The Morgan fingerprint density at radius 1 is 1.04 bits per heavy atom. The molecule has 0 amide bonds. The van der Waals surface area contributed by atoms with Crippen LogP contribution in [0, 0.1) is 11.3 Å². The number of aromatic hydroxyl groups is 2. The number of benzene rings is 2. The lowest BCUT2D eigenvalue weighted by atomic mass is 10.0. The number of nitriles is 1. The third-order valence-electron chi connectivity index (χ3n) is 4.33. The van der Waals surface area contributed by atoms with Crippen molar-refractivity contribution >= 4 is 22.6 Å². The number of hydrogen-bond donors (Lipinski definition) is 3. The van der Waals surface area contributed by atoms with Crippen LogP contribution in [0.25, 0.3) is 27.8 Å². The van der Waals surface area contributed by atoms with Gasteiger partial charge in [-0.2, -0.15) is 5.26 Å². The van der Waals surface area contributed by atoms with Crippen LogP contribution in [0.2, 0.25) is 5.15 Å². The van der Waals surface area contributed by atoms with Crippen LogP contribution in [-0.4, -0.2) is 19.8 Å². The fraction of sp³-hybridized carbons (Fsp3) is 0. The molecule has 2 aromatic carbocycles. The number of rotatable bonds is 2. The van der Waals surface area contributed by atoms with Crippen LogP contribution in [0.1, 0.15) is 5.56 Å². The fourth-order valence-corrected chi connectivity index (χ4v) is 3.37. The molecular weight excluding hydrogens is 366 g/mol. The van der Waals surface area contributed by atoms with Crippen molar-refractivity contribution in [2.24, 2.45) is 0 Å². The molecule has 0 bridgehead atoms. The van der Waals surface area contributed by atoms with Crippen molar-refractivity contribution in [2.75, 3.05) is 0 Å². The van der Waals surface area contributed by atoms with Crippen molar-refractivity contribution in [1.82, 2.24) is 9.55 Å². The van der Waals surface area contributed by atoms with E-state index in [1.54, 1.807) is 24.3 Å². The van der Waals surface area contributed by atoms with E-state index in [1.165, 1.54) is 10.6 Å². The van der Waals surface area contributed by atoms with Gasteiger partial charge in [-0.3, -0.25) is 9.36 Å². The Kier molecular flexibility index (Phi) is 3.87. The number of nitrogens with zero attached hydrogens (tertiary/aromatic N) is 2. The molecule has 7 heteroatoms. The number of nitrogens with one attached hydrogen (secondary N) is 1. The number of H-pyrrole nitrogens is 1. The van der Waals surface area contributed by atoms with Crippen LogP contribution in [0.15, 0.2) is 59.4 Å². The van der Waals surface area contributed by atoms with Gasteiger partial charge in [0, 0.05) is 0 Å². The smallest absolute Gasteiger partial charge is 0.270 e. The molecule has 2 heterocycles. The third-order valence-corrected chi connectivity index (χ3v) is 4.61. The van der Waals surface area contributed by atoms with E-state index in [1.807, 2.05) is 30.3 Å². The molecular formula is C20H12ClN3O3. The van der Waals surface area contributed by atoms with Gasteiger partial charge in [-0.25, -0.2) is 0 Å². The monoisotopic (exact) mass is 377 g/mol. The Bertz CT molecular complexity index is 1280. The minimum absolute atomic E-state index is 0.0696. The molecule has 132 valence electrons. The highest BCUT2D eigenvalue weighted by atomic mass is 35.5. The normalized spacial score (nSPS) is 10.8. The molecule has 0 atom stereocenters. The van der Waals surface area contributed by atoms with Crippen molar-refractivity contribution in [3.63, 3.8) is 0 Å². The van der Waals surface area contributed by atoms with Gasteiger partial charge in [-0.1, -0.05) is 48.0 Å². The summed E-state index contributed by atoms with van der Waals surface area (Å²) in [5.41, 5.74) is 1.31. The summed E-state index contributed by atoms with van der Waals surface area (Å²) >= 11 is 6.29. The lowest BCUT2D eigenvalue weighted by molar-refractivity contribution is 0.470. The van der Waals surface area contributed by atoms with Gasteiger partial charge in [0.1, 0.15) is 22.5 Å². The number of hydrogen-bond acceptors (Lipinski definition) is 4. The average molecular weight is 378 g/mol. The van der Waals surface area contributed by atoms with Crippen molar-refractivity contribution in [3.8, 4) is 34.4 Å². The molecule has 0 radical (unpaired) electrons. The van der Waals surface area contributed by atoms with E-state index < -0.39 is 16.9 Å². The molecule has 3 N–H and O–H groups in total. The zero-order valence-electron chi connectivity index (χ0n) is 13.8. The van der Waals surface area contributed by atoms with Gasteiger partial charge in [0.15, 0.2) is 11.3 Å². The highest BCUT2D eigenvalue weighted by Crippen LogP contribution is 2.37. The number of halogens is 1. The molecule has 2 aromatic heterocycles. The van der Waals surface area contributed by atoms with Crippen LogP contribution in [0.3, 0.4) is 0 Å². The maximum absolute atomic E-state index is 11.9. The zero-order chi connectivity index (χ0) is 19.1. The fourth-order valence-electron chi connectivity index (χ4n) is 3.08. The highest BCUT2D eigenvalue weighted by Gasteiger charge is 2.20. The lowest BCUT2D eigenvalue weighted by Crippen LogP contribution is -2.10. The van der Waals surface area contributed by atoms with E-state index in [-0.39, 0.29) is 21.9 Å². The maximum atomic E-state index is 11.9. The maximum Gasteiger partial charge on any atom is 0.270 e. The summed E-state index contributed by atoms with van der Waals surface area (Å²) in [6.45, 7) is 0. The minimum atomic E-state index is -0.708. The van der Waals surface area contributed by atoms with Gasteiger partial charge in [0.2, 0.25) is 0 Å². The Morgan fingerprint density at radius 3 is 2.44 bits per heavy atom. The third kappa shape index (κ3) is 2.62. The SMILES string of the molecule is N#Cc1c(O)c2c(cc(Cl)n2-c2ccc(-c3ccccc3)cc2O)[nH]c1=O. The van der Waals surface area contributed by atoms with Crippen molar-refractivity contribution < 1.29 is 10.2 Å². The lowest BCUT2D eigenvalue weighted by Gasteiger charge is -2.12. The summed E-state index contributed by atoms with van der Waals surface area (Å²) in [6, 6.07) is 17.7. The van der Waals surface area contributed by atoms with Gasteiger partial charge < -0.3 is 15.2 Å². The second-order valence-electron chi connectivity index (χ2n) is 5.92. The number of aromatic amines is 1. The first-order chi connectivity index (χ1) is 13.0. The van der Waals surface area contributed by atoms with Crippen LogP contribution < -0.4 is 5.56 Å². The first kappa shape index (κ1) is 16.8. The van der Waals surface area contributed by atoms with Gasteiger partial charge in [-0.15, -0.1) is 0 Å². The summed E-state index contributed by atoms with van der Waals surface area (Å²) in [5.74, 6) is -0.561. The molecule has 0 spiro atoms. The largest absolute Gasteiger partial charge is 0.506 e. The number of phenolic OH excluding ortho intramolecular Hbond substituents is 1. The Balaban J connectivity index is 1.97. The Morgan fingerprint density at radius 2 is 1.78 bits per heavy atom. The topological polar surface area (TPSA) is 102 Å². The van der Waals surface area contributed by atoms with E-state index in [9.17, 15) is 15.0 Å². The summed E-state index contributed by atoms with van der Waals surface area (Å²) in [4.78, 5) is 14.4. The van der Waals surface area contributed by atoms with Crippen LogP contribution in [0.5, 0.6) is 11.5 Å². The van der Waals surface area contributed by atoms with E-state index in [0.29, 0.717) is 5.69 Å². The molecule has 0 fully saturated rings. The molecule has 0 aliphatic heterocycles. The molecule has 0 saturated heterocycles. The highest BCUT2D eigenvalue weighted by molar-refractivity contribution is 6.31. The van der Waals surface area contributed by atoms with E-state index in [0.717, 1.165) is 11.1 Å². The molecule has 0 aliphatic rings. The standard InChI is InChI=1S/C20H12ClN3O3/c21-17-9-14-18(19(26)13(10-22)20(27)23-14)24(17)15-7-6-12(8-16(15)25)11-4-2-1-3-5-11/h1-9,25H,(H2,23,26,27). The molecule has 27 heavy (non-hydrogen) atoms. The van der Waals surface area contributed by atoms with Crippen molar-refractivity contribution in [3.05, 3.63) is 75.7 Å². The average Bonchev–Trinajstić information content (AvgIpc) is 2.98. The summed E-state index contributed by atoms with van der Waals surface area (Å²) in [6.07, 6.45) is 0. The van der Waals surface area contributed by atoms with Gasteiger partial charge in [-0.05, 0) is 29.3 Å². The number of pyridine rings is 1. The Labute approximate surface area is 158 Å². The quantitative estimate of drug-likeness (QED) is 0.492. The molecule has 6 nitrogen and oxygen atoms in total. The second-order valence-corrected chi connectivity index (χ2v) is 6.31. The minimum Gasteiger partial charge on any atom is -0.506 e. The molecule has 0 aliphatic carbocycles. The summed E-state index contributed by atoms with van der Waals surface area (Å²) in [7, 11) is 0. The molecule has 4 aromatic rings. The molecule has 0 saturated carbocycles. The van der Waals surface area contributed by atoms with Gasteiger partial charge in [0.25, 0.3) is 5.56 Å². The predicted molar refractivity (Wildman–Crippen MR) is 102 cm³/mol. The molecule has 4 rings (SSSR count). The number of fused-ring (bicyclic) bond motifs is 1. The van der Waals surface area contributed by atoms with Gasteiger partial charge in [0.05, 0.1) is 11.2 Å². The Hall–Kier alpha value is -3.69. The summed E-state index contributed by atoms with van der Waals surface area (Å²) < 4.78 is 1.38. The van der Waals surface area contributed by atoms with Crippen molar-refractivity contribution in [2.45, 2.75) is 0 Å².